The second kappa shape index (κ2) is 10.8. The van der Waals surface area contributed by atoms with Crippen molar-refractivity contribution in [2.45, 2.75) is 6.85 Å². The first kappa shape index (κ1) is 10.5. The van der Waals surface area contributed by atoms with Crippen LogP contribution in [0.5, 0.6) is 5.75 Å². The Morgan fingerprint density at radius 1 is 1.48 bits per heavy atom. The lowest BCUT2D eigenvalue weighted by atomic mass is 10.1. The number of benzene rings is 2. The molecule has 170 valence electrons. The largest absolute Gasteiger partial charge is 0.492 e. The van der Waals surface area contributed by atoms with Crippen molar-refractivity contribution in [1.29, 1.82) is 5.26 Å². The van der Waals surface area contributed by atoms with E-state index in [2.05, 4.69) is 15.6 Å². The zero-order valence-electron chi connectivity index (χ0n) is 32.3. The van der Waals surface area contributed by atoms with Crippen molar-refractivity contribution < 1.29 is 35.9 Å². The van der Waals surface area contributed by atoms with Gasteiger partial charge < -0.3 is 20.3 Å². The van der Waals surface area contributed by atoms with Crippen LogP contribution < -0.4 is 15.4 Å². The zero-order valence-corrected chi connectivity index (χ0v) is 17.1. The van der Waals surface area contributed by atoms with Crippen molar-refractivity contribution in [2.24, 2.45) is 0 Å². The van der Waals surface area contributed by atoms with E-state index in [0.29, 0.717) is 12.2 Å². The third-order valence-corrected chi connectivity index (χ3v) is 4.18. The first-order chi connectivity index (χ1) is 22.1. The van der Waals surface area contributed by atoms with Gasteiger partial charge in [-0.2, -0.15) is 5.26 Å². The molecule has 0 aliphatic carbocycles. The Balaban J connectivity index is 2.25. The Hall–Kier alpha value is -3.67. The summed E-state index contributed by atoms with van der Waals surface area (Å²) in [5.74, 6) is -3.31. The molecular formula is C24H23ClFN5O2. The summed E-state index contributed by atoms with van der Waals surface area (Å²) in [5.41, 5.74) is -1.76. The molecule has 0 saturated carbocycles. The van der Waals surface area contributed by atoms with Gasteiger partial charge >= 0.3 is 0 Å². The molecular weight excluding hydrogens is 445 g/mol. The number of pyridine rings is 1. The molecule has 0 aliphatic heterocycles. The maximum Gasteiger partial charge on any atom is 0.248 e. The van der Waals surface area contributed by atoms with Gasteiger partial charge in [-0.1, -0.05) is 17.7 Å². The van der Waals surface area contributed by atoms with Gasteiger partial charge in [-0.3, -0.25) is 9.78 Å². The highest BCUT2D eigenvalue weighted by Gasteiger charge is 2.15. The maximum absolute atomic E-state index is 14.2. The lowest BCUT2D eigenvalue weighted by molar-refractivity contribution is -0.111. The van der Waals surface area contributed by atoms with Crippen LogP contribution in [0.3, 0.4) is 0 Å². The van der Waals surface area contributed by atoms with Gasteiger partial charge in [0.15, 0.2) is 0 Å². The zero-order chi connectivity index (χ0) is 37.7. The van der Waals surface area contributed by atoms with Crippen molar-refractivity contribution >= 4 is 45.5 Å². The van der Waals surface area contributed by atoms with Crippen LogP contribution in [-0.4, -0.2) is 42.8 Å². The van der Waals surface area contributed by atoms with Crippen molar-refractivity contribution in [1.82, 2.24) is 9.88 Å². The molecule has 1 aromatic heterocycles. The number of likely N-dealkylation sites (N-methyl/N-ethyl adjacent to an activating group) is 1. The van der Waals surface area contributed by atoms with Crippen LogP contribution in [0.1, 0.15) is 34.3 Å². The van der Waals surface area contributed by atoms with E-state index in [4.69, 9.17) is 38.3 Å². The highest BCUT2D eigenvalue weighted by molar-refractivity contribution is 6.31. The number of ether oxygens (including phenoxy) is 1. The molecule has 9 heteroatoms. The molecule has 0 saturated heterocycles. The van der Waals surface area contributed by atoms with E-state index in [1.807, 2.05) is 0 Å². The topological polar surface area (TPSA) is 90.3 Å². The molecule has 0 fully saturated rings. The number of anilines is 3. The molecule has 0 bridgehead atoms. The van der Waals surface area contributed by atoms with Gasteiger partial charge in [-0.25, -0.2) is 4.39 Å². The number of carbonyl (C=O) groups excluding carboxylic acids is 1. The summed E-state index contributed by atoms with van der Waals surface area (Å²) < 4.78 is 142. The van der Waals surface area contributed by atoms with Crippen LogP contribution in [-0.2, 0) is 4.79 Å². The van der Waals surface area contributed by atoms with Gasteiger partial charge in [0.1, 0.15) is 17.6 Å². The van der Waals surface area contributed by atoms with Crippen molar-refractivity contribution in [2.75, 3.05) is 37.6 Å². The van der Waals surface area contributed by atoms with Gasteiger partial charge in [0.2, 0.25) is 5.91 Å². The second-order valence-electron chi connectivity index (χ2n) is 6.02. The fourth-order valence-electron chi connectivity index (χ4n) is 2.59. The molecule has 3 aromatic rings. The normalized spacial score (nSPS) is 20.2. The van der Waals surface area contributed by atoms with E-state index in [1.54, 1.807) is 6.07 Å². The highest BCUT2D eigenvalue weighted by Crippen LogP contribution is 2.36. The quantitative estimate of drug-likeness (QED) is 0.433. The van der Waals surface area contributed by atoms with Crippen LogP contribution in [0.15, 0.2) is 48.6 Å². The number of nitrogens with zero attached hydrogens (tertiary/aromatic N) is 3. The van der Waals surface area contributed by atoms with Gasteiger partial charge in [0.05, 0.1) is 40.9 Å². The van der Waals surface area contributed by atoms with Crippen molar-refractivity contribution in [3.8, 4) is 11.8 Å². The van der Waals surface area contributed by atoms with Crippen LogP contribution in [0, 0.1) is 17.1 Å². The monoisotopic (exact) mass is 483 g/mol. The van der Waals surface area contributed by atoms with Crippen molar-refractivity contribution in [3.05, 3.63) is 65.0 Å². The van der Waals surface area contributed by atoms with E-state index < -0.39 is 90.8 Å². The number of amides is 1. The van der Waals surface area contributed by atoms with Gasteiger partial charge in [0.25, 0.3) is 0 Å². The Kier molecular flexibility index (Phi) is 3.43. The number of aromatic nitrogens is 1. The van der Waals surface area contributed by atoms with Crippen molar-refractivity contribution in [3.63, 3.8) is 0 Å². The van der Waals surface area contributed by atoms with Crippen LogP contribution in [0.4, 0.5) is 21.5 Å². The molecule has 2 N–H and O–H groups in total. The van der Waals surface area contributed by atoms with Crippen LogP contribution in [0.25, 0.3) is 10.9 Å². The second-order valence-corrected chi connectivity index (χ2v) is 6.40. The number of nitriles is 1. The summed E-state index contributed by atoms with van der Waals surface area (Å²) in [6, 6.07) is 1.12. The summed E-state index contributed by atoms with van der Waals surface area (Å²) in [5, 5.41) is 13.6. The Bertz CT molecular complexity index is 1830. The molecule has 3 rings (SSSR count). The molecule has 33 heavy (non-hydrogen) atoms. The minimum absolute atomic E-state index is 0.141. The third-order valence-electron chi connectivity index (χ3n) is 3.92. The predicted molar refractivity (Wildman–Crippen MR) is 129 cm³/mol. The number of halogens is 2. The first-order valence-corrected chi connectivity index (χ1v) is 9.10. The minimum Gasteiger partial charge on any atom is -0.492 e. The number of fused-ring (bicyclic) bond motifs is 1. The first-order valence-electron chi connectivity index (χ1n) is 16.7. The number of hydrogen-bond donors (Lipinski definition) is 2. The average Bonchev–Trinajstić information content (AvgIpc) is 2.94. The standard InChI is InChI=1S/C24H23ClFN5O2/c1-4-33-22-12-20-17(11-21(22)30-23(32)6-5-9-31(2)3)24(15(13-27)14-28-20)29-16-7-8-19(26)18(25)10-16/h5-8,10-12,14H,4,9H2,1-3H3,(H,28,29)(H,30,32)/b6-5+/i1D3,2D3,3D3,4D2,7D,8D,9D2,10D. The third kappa shape index (κ3) is 5.98. The van der Waals surface area contributed by atoms with E-state index >= 15 is 0 Å². The van der Waals surface area contributed by atoms with Crippen LogP contribution >= 0.6 is 11.6 Å². The fourth-order valence-corrected chi connectivity index (χ4v) is 2.74. The number of hydrogen-bond acceptors (Lipinski definition) is 6. The van der Waals surface area contributed by atoms with Gasteiger partial charge in [0, 0.05) is 51.0 Å². The SMILES string of the molecule is [2H]c1c([2H])c(Nc2c(C#N)cnc3cc(OC([2H])([2H])C([2H])([2H])[2H])c(NC(=O)/C=C/C([2H])([2H])N(C([2H])([2H])[2H])C([2H])([2H])[2H])cc23)c([2H])c(Cl)c1F. The minimum atomic E-state index is -3.49. The highest BCUT2D eigenvalue weighted by atomic mass is 35.5. The lowest BCUT2D eigenvalue weighted by Gasteiger charge is -2.16. The predicted octanol–water partition coefficient (Wildman–Crippen LogP) is 5.10. The number of nitrogens with one attached hydrogen (secondary N) is 2. The molecule has 7 nitrogen and oxygen atoms in total. The van der Waals surface area contributed by atoms with E-state index in [1.165, 1.54) is 0 Å². The molecule has 0 unspecified atom stereocenters. The van der Waals surface area contributed by atoms with E-state index in [0.717, 1.165) is 18.3 Å². The molecule has 0 atom stereocenters. The molecule has 2 aromatic carbocycles. The van der Waals surface area contributed by atoms with E-state index in [-0.39, 0.29) is 22.2 Å². The summed E-state index contributed by atoms with van der Waals surface area (Å²) in [4.78, 5) is 16.6. The lowest BCUT2D eigenvalue weighted by Crippen LogP contribution is -2.13. The molecule has 0 spiro atoms. The Labute approximate surface area is 218 Å². The number of carbonyl (C=O) groups is 1. The molecule has 1 amide bonds. The smallest absolute Gasteiger partial charge is 0.248 e. The number of rotatable bonds is 8. The molecule has 0 aliphatic rings. The van der Waals surface area contributed by atoms with Crippen LogP contribution in [0.2, 0.25) is 5.02 Å². The summed E-state index contributed by atoms with van der Waals surface area (Å²) in [6.07, 6.45) is 1.71. The summed E-state index contributed by atoms with van der Waals surface area (Å²) in [6.45, 7) is -17.0. The Morgan fingerprint density at radius 2 is 2.33 bits per heavy atom. The summed E-state index contributed by atoms with van der Waals surface area (Å²) >= 11 is 5.82. The van der Waals surface area contributed by atoms with Gasteiger partial charge in [-0.05, 0) is 45.0 Å². The maximum atomic E-state index is 14.2. The Morgan fingerprint density at radius 3 is 3.09 bits per heavy atom. The average molecular weight is 484 g/mol. The molecule has 0 radical (unpaired) electrons. The van der Waals surface area contributed by atoms with E-state index in [9.17, 15) is 14.4 Å². The summed E-state index contributed by atoms with van der Waals surface area (Å²) in [7, 11) is 0. The fraction of sp³-hybridized carbons (Fsp3) is 0.208. The van der Waals surface area contributed by atoms with Gasteiger partial charge in [-0.15, -0.1) is 0 Å². The molecule has 1 heterocycles.